The van der Waals surface area contributed by atoms with Crippen LogP contribution in [0.25, 0.3) is 0 Å². The Morgan fingerprint density at radius 3 is 2.42 bits per heavy atom. The van der Waals surface area contributed by atoms with Crippen molar-refractivity contribution in [2.45, 2.75) is 83.2 Å². The molecule has 1 saturated heterocycles. The highest BCUT2D eigenvalue weighted by atomic mass is 28.4. The van der Waals surface area contributed by atoms with Crippen molar-refractivity contribution in [3.8, 4) is 0 Å². The molecular weight excluding hydrogens is 256 g/mol. The molecule has 0 unspecified atom stereocenters. The SMILES string of the molecule is CC(C)(C)[Si](C)(C)OC[C@H]1CCC[C@H](CCCO)O1. The third kappa shape index (κ3) is 5.54. The average molecular weight is 289 g/mol. The van der Waals surface area contributed by atoms with Crippen molar-refractivity contribution in [2.75, 3.05) is 13.2 Å². The van der Waals surface area contributed by atoms with Gasteiger partial charge >= 0.3 is 0 Å². The van der Waals surface area contributed by atoms with Crippen LogP contribution in [0.5, 0.6) is 0 Å². The molecule has 0 bridgehead atoms. The molecule has 0 aromatic rings. The molecule has 114 valence electrons. The quantitative estimate of drug-likeness (QED) is 0.757. The molecule has 0 spiro atoms. The summed E-state index contributed by atoms with van der Waals surface area (Å²) in [6, 6.07) is 0. The van der Waals surface area contributed by atoms with Crippen molar-refractivity contribution in [3.05, 3.63) is 0 Å². The van der Waals surface area contributed by atoms with Crippen molar-refractivity contribution in [1.29, 1.82) is 0 Å². The molecule has 1 N–H and O–H groups in total. The molecule has 0 aromatic carbocycles. The van der Waals surface area contributed by atoms with Crippen LogP contribution in [0, 0.1) is 0 Å². The van der Waals surface area contributed by atoms with Gasteiger partial charge in [-0.2, -0.15) is 0 Å². The van der Waals surface area contributed by atoms with Crippen LogP contribution < -0.4 is 0 Å². The zero-order valence-corrected chi connectivity index (χ0v) is 14.4. The summed E-state index contributed by atoms with van der Waals surface area (Å²) >= 11 is 0. The van der Waals surface area contributed by atoms with E-state index in [1.807, 2.05) is 0 Å². The highest BCUT2D eigenvalue weighted by Gasteiger charge is 2.38. The molecule has 3 nitrogen and oxygen atoms in total. The second-order valence-corrected chi connectivity index (χ2v) is 12.1. The lowest BCUT2D eigenvalue weighted by Crippen LogP contribution is -2.44. The van der Waals surface area contributed by atoms with E-state index in [4.69, 9.17) is 14.3 Å². The van der Waals surface area contributed by atoms with Gasteiger partial charge in [0, 0.05) is 6.61 Å². The van der Waals surface area contributed by atoms with E-state index in [-0.39, 0.29) is 17.7 Å². The minimum Gasteiger partial charge on any atom is -0.414 e. The fourth-order valence-electron chi connectivity index (χ4n) is 2.15. The van der Waals surface area contributed by atoms with E-state index in [0.717, 1.165) is 32.3 Å². The van der Waals surface area contributed by atoms with Crippen molar-refractivity contribution in [1.82, 2.24) is 0 Å². The molecule has 1 heterocycles. The van der Waals surface area contributed by atoms with Gasteiger partial charge in [0.15, 0.2) is 8.32 Å². The van der Waals surface area contributed by atoms with Crippen molar-refractivity contribution >= 4 is 8.32 Å². The second kappa shape index (κ2) is 7.20. The van der Waals surface area contributed by atoms with Crippen LogP contribution in [0.4, 0.5) is 0 Å². The van der Waals surface area contributed by atoms with E-state index >= 15 is 0 Å². The van der Waals surface area contributed by atoms with Gasteiger partial charge < -0.3 is 14.3 Å². The van der Waals surface area contributed by atoms with Crippen LogP contribution in [0.1, 0.15) is 52.9 Å². The Balaban J connectivity index is 2.37. The second-order valence-electron chi connectivity index (χ2n) is 7.25. The number of aliphatic hydroxyl groups is 1. The maximum Gasteiger partial charge on any atom is 0.192 e. The third-order valence-electron chi connectivity index (χ3n) is 4.56. The Labute approximate surface area is 119 Å². The molecule has 19 heavy (non-hydrogen) atoms. The zero-order valence-electron chi connectivity index (χ0n) is 13.4. The summed E-state index contributed by atoms with van der Waals surface area (Å²) in [6.07, 6.45) is 5.89. The highest BCUT2D eigenvalue weighted by Crippen LogP contribution is 2.37. The van der Waals surface area contributed by atoms with Gasteiger partial charge in [0.1, 0.15) is 0 Å². The van der Waals surface area contributed by atoms with E-state index in [2.05, 4.69) is 33.9 Å². The van der Waals surface area contributed by atoms with Crippen molar-refractivity contribution in [2.24, 2.45) is 0 Å². The maximum atomic E-state index is 8.89. The number of aliphatic hydroxyl groups excluding tert-OH is 1. The van der Waals surface area contributed by atoms with Crippen molar-refractivity contribution in [3.63, 3.8) is 0 Å². The Hall–Kier alpha value is 0.0969. The lowest BCUT2D eigenvalue weighted by Gasteiger charge is -2.38. The van der Waals surface area contributed by atoms with Gasteiger partial charge in [0.25, 0.3) is 0 Å². The van der Waals surface area contributed by atoms with Gasteiger partial charge in [-0.15, -0.1) is 0 Å². The minimum atomic E-state index is -1.66. The summed E-state index contributed by atoms with van der Waals surface area (Å²) < 4.78 is 12.3. The third-order valence-corrected chi connectivity index (χ3v) is 9.06. The summed E-state index contributed by atoms with van der Waals surface area (Å²) in [5, 5.41) is 9.15. The van der Waals surface area contributed by atoms with Crippen LogP contribution in [0.2, 0.25) is 18.1 Å². The van der Waals surface area contributed by atoms with Crippen molar-refractivity contribution < 1.29 is 14.3 Å². The Morgan fingerprint density at radius 2 is 1.84 bits per heavy atom. The lowest BCUT2D eigenvalue weighted by atomic mass is 10.0. The standard InChI is InChI=1S/C15H32O3Si/c1-15(2,3)19(4,5)17-12-14-9-6-8-13(18-14)10-7-11-16/h13-14,16H,6-12H2,1-5H3/t13-,14-/m1/s1. The molecule has 1 fully saturated rings. The molecule has 4 heteroatoms. The topological polar surface area (TPSA) is 38.7 Å². The first-order valence-corrected chi connectivity index (χ1v) is 10.6. The van der Waals surface area contributed by atoms with Gasteiger partial charge in [-0.25, -0.2) is 0 Å². The molecule has 0 radical (unpaired) electrons. The smallest absolute Gasteiger partial charge is 0.192 e. The number of hydrogen-bond acceptors (Lipinski definition) is 3. The van der Waals surface area contributed by atoms with E-state index in [1.54, 1.807) is 0 Å². The summed E-state index contributed by atoms with van der Waals surface area (Å²) in [6.45, 7) is 12.4. The molecule has 0 aromatic heterocycles. The first kappa shape index (κ1) is 17.1. The first-order chi connectivity index (χ1) is 8.76. The van der Waals surface area contributed by atoms with Crippen LogP contribution >= 0.6 is 0 Å². The van der Waals surface area contributed by atoms with E-state index in [1.165, 1.54) is 6.42 Å². The summed E-state index contributed by atoms with van der Waals surface area (Å²) in [4.78, 5) is 0. The number of hydrogen-bond donors (Lipinski definition) is 1. The molecule has 1 aliphatic heterocycles. The number of ether oxygens (including phenoxy) is 1. The molecule has 0 amide bonds. The number of rotatable bonds is 6. The summed E-state index contributed by atoms with van der Waals surface area (Å²) in [5.41, 5.74) is 0. The fourth-order valence-corrected chi connectivity index (χ4v) is 3.19. The predicted octanol–water partition coefficient (Wildman–Crippen LogP) is 3.72. The van der Waals surface area contributed by atoms with E-state index in [9.17, 15) is 0 Å². The minimum absolute atomic E-state index is 0.256. The monoisotopic (exact) mass is 288 g/mol. The first-order valence-electron chi connectivity index (χ1n) is 7.66. The van der Waals surface area contributed by atoms with Gasteiger partial charge in [0.05, 0.1) is 18.8 Å². The van der Waals surface area contributed by atoms with Crippen LogP contribution in [-0.2, 0) is 9.16 Å². The Morgan fingerprint density at radius 1 is 1.21 bits per heavy atom. The zero-order chi connectivity index (χ0) is 14.5. The molecule has 0 saturated carbocycles. The molecule has 2 atom stereocenters. The summed E-state index contributed by atoms with van der Waals surface area (Å²) in [7, 11) is -1.66. The predicted molar refractivity (Wildman–Crippen MR) is 82.0 cm³/mol. The van der Waals surface area contributed by atoms with E-state index in [0.29, 0.717) is 6.10 Å². The molecule has 0 aliphatic carbocycles. The lowest BCUT2D eigenvalue weighted by molar-refractivity contribution is -0.0736. The highest BCUT2D eigenvalue weighted by molar-refractivity contribution is 6.74. The Bertz CT molecular complexity index is 261. The Kier molecular flexibility index (Phi) is 6.50. The van der Waals surface area contributed by atoms with Crippen LogP contribution in [-0.4, -0.2) is 38.8 Å². The fraction of sp³-hybridized carbons (Fsp3) is 1.00. The van der Waals surface area contributed by atoms with Gasteiger partial charge in [-0.3, -0.25) is 0 Å². The van der Waals surface area contributed by atoms with Crippen LogP contribution in [0.3, 0.4) is 0 Å². The van der Waals surface area contributed by atoms with E-state index < -0.39 is 8.32 Å². The van der Waals surface area contributed by atoms with Gasteiger partial charge in [0.2, 0.25) is 0 Å². The average Bonchev–Trinajstić information content (AvgIpc) is 2.33. The van der Waals surface area contributed by atoms with Gasteiger partial charge in [-0.1, -0.05) is 20.8 Å². The maximum absolute atomic E-state index is 8.89. The molecule has 1 aliphatic rings. The molecule has 1 rings (SSSR count). The largest absolute Gasteiger partial charge is 0.414 e. The normalized spacial score (nSPS) is 25.6. The van der Waals surface area contributed by atoms with Gasteiger partial charge in [-0.05, 0) is 50.2 Å². The van der Waals surface area contributed by atoms with Crippen LogP contribution in [0.15, 0.2) is 0 Å². The summed E-state index contributed by atoms with van der Waals surface area (Å²) in [5.74, 6) is 0. The molecular formula is C15H32O3Si.